The minimum absolute atomic E-state index is 0.274. The Morgan fingerprint density at radius 2 is 1.90 bits per heavy atom. The fourth-order valence-electron chi connectivity index (χ4n) is 1.61. The standard InChI is InChI=1S/C16H17NO4/c1-10(17-21-15(19)16(2,3)4)12-9-11-7-5-6-8-13(11)20-14(12)18/h5-9H,1-4H3/b17-10-. The Hall–Kier alpha value is -2.43. The first-order chi connectivity index (χ1) is 9.79. The first-order valence-electron chi connectivity index (χ1n) is 6.58. The number of carbonyl (C=O) groups is 1. The van der Waals surface area contributed by atoms with Crippen molar-refractivity contribution in [2.24, 2.45) is 10.6 Å². The SMILES string of the molecule is C/C(=N/OC(=O)C(C)(C)C)c1cc2ccccc2oc1=O. The lowest BCUT2D eigenvalue weighted by molar-refractivity contribution is -0.152. The van der Waals surface area contributed by atoms with Crippen molar-refractivity contribution in [2.45, 2.75) is 27.7 Å². The van der Waals surface area contributed by atoms with E-state index in [2.05, 4.69) is 5.16 Å². The molecule has 0 atom stereocenters. The first-order valence-corrected chi connectivity index (χ1v) is 6.58. The fourth-order valence-corrected chi connectivity index (χ4v) is 1.61. The van der Waals surface area contributed by atoms with Gasteiger partial charge in [-0.15, -0.1) is 0 Å². The van der Waals surface area contributed by atoms with Crippen molar-refractivity contribution in [1.29, 1.82) is 0 Å². The third-order valence-electron chi connectivity index (χ3n) is 2.91. The third kappa shape index (κ3) is 3.37. The Labute approximate surface area is 122 Å². The van der Waals surface area contributed by atoms with Crippen molar-refractivity contribution in [1.82, 2.24) is 0 Å². The zero-order valence-electron chi connectivity index (χ0n) is 12.5. The van der Waals surface area contributed by atoms with Crippen LogP contribution in [0.2, 0.25) is 0 Å². The number of nitrogens with zero attached hydrogens (tertiary/aromatic N) is 1. The number of benzene rings is 1. The summed E-state index contributed by atoms with van der Waals surface area (Å²) in [5.41, 5.74) is -0.0901. The summed E-state index contributed by atoms with van der Waals surface area (Å²) in [6.07, 6.45) is 0. The highest BCUT2D eigenvalue weighted by atomic mass is 16.7. The van der Waals surface area contributed by atoms with E-state index in [9.17, 15) is 9.59 Å². The molecule has 0 N–H and O–H groups in total. The fraction of sp³-hybridized carbons (Fsp3) is 0.312. The molecule has 1 aromatic heterocycles. The van der Waals surface area contributed by atoms with Gasteiger partial charge in [-0.25, -0.2) is 9.59 Å². The van der Waals surface area contributed by atoms with Crippen molar-refractivity contribution in [3.8, 4) is 0 Å². The first kappa shape index (κ1) is 15.0. The monoisotopic (exact) mass is 287 g/mol. The number of hydrogen-bond acceptors (Lipinski definition) is 5. The maximum Gasteiger partial charge on any atom is 0.345 e. The van der Waals surface area contributed by atoms with Crippen LogP contribution >= 0.6 is 0 Å². The topological polar surface area (TPSA) is 68.9 Å². The van der Waals surface area contributed by atoms with Crippen LogP contribution in [-0.2, 0) is 9.63 Å². The van der Waals surface area contributed by atoms with Gasteiger partial charge in [0, 0.05) is 5.39 Å². The highest BCUT2D eigenvalue weighted by Gasteiger charge is 2.23. The molecule has 5 nitrogen and oxygen atoms in total. The Balaban J connectivity index is 2.35. The normalized spacial score (nSPS) is 12.5. The second-order valence-electron chi connectivity index (χ2n) is 5.79. The average molecular weight is 287 g/mol. The molecule has 5 heteroatoms. The van der Waals surface area contributed by atoms with E-state index in [-0.39, 0.29) is 5.56 Å². The summed E-state index contributed by atoms with van der Waals surface area (Å²) in [5.74, 6) is -0.466. The van der Waals surface area contributed by atoms with Crippen LogP contribution in [0.25, 0.3) is 11.0 Å². The number of carbonyl (C=O) groups excluding carboxylic acids is 1. The van der Waals surface area contributed by atoms with E-state index < -0.39 is 17.0 Å². The predicted molar refractivity (Wildman–Crippen MR) is 80.2 cm³/mol. The molecule has 2 rings (SSSR count). The van der Waals surface area contributed by atoms with Gasteiger partial charge in [-0.3, -0.25) is 0 Å². The zero-order chi connectivity index (χ0) is 15.6. The molecule has 0 aliphatic carbocycles. The third-order valence-corrected chi connectivity index (χ3v) is 2.91. The molecule has 0 amide bonds. The van der Waals surface area contributed by atoms with Crippen molar-refractivity contribution in [3.05, 3.63) is 46.3 Å². The second-order valence-corrected chi connectivity index (χ2v) is 5.79. The lowest BCUT2D eigenvalue weighted by Crippen LogP contribution is -2.22. The highest BCUT2D eigenvalue weighted by molar-refractivity contribution is 6.00. The molecule has 0 saturated heterocycles. The summed E-state index contributed by atoms with van der Waals surface area (Å²) in [4.78, 5) is 28.5. The minimum atomic E-state index is -0.655. The quantitative estimate of drug-likeness (QED) is 0.368. The summed E-state index contributed by atoms with van der Waals surface area (Å²) in [6, 6.07) is 8.85. The maximum atomic E-state index is 11.9. The molecule has 110 valence electrons. The Morgan fingerprint density at radius 3 is 2.57 bits per heavy atom. The molecule has 0 saturated carbocycles. The van der Waals surface area contributed by atoms with E-state index in [0.717, 1.165) is 5.39 Å². The van der Waals surface area contributed by atoms with E-state index in [1.54, 1.807) is 45.9 Å². The van der Waals surface area contributed by atoms with Crippen LogP contribution in [0.4, 0.5) is 0 Å². The predicted octanol–water partition coefficient (Wildman–Crippen LogP) is 3.11. The average Bonchev–Trinajstić information content (AvgIpc) is 2.42. The summed E-state index contributed by atoms with van der Waals surface area (Å²) in [6.45, 7) is 6.77. The van der Waals surface area contributed by atoms with Crippen molar-refractivity contribution < 1.29 is 14.0 Å². The molecule has 0 fully saturated rings. The molecule has 0 bridgehead atoms. The van der Waals surface area contributed by atoms with E-state index in [1.165, 1.54) is 0 Å². The van der Waals surface area contributed by atoms with Crippen molar-refractivity contribution in [3.63, 3.8) is 0 Å². The van der Waals surface area contributed by atoms with Gasteiger partial charge in [0.05, 0.1) is 16.7 Å². The van der Waals surface area contributed by atoms with Crippen molar-refractivity contribution >= 4 is 22.7 Å². The van der Waals surface area contributed by atoms with Gasteiger partial charge in [-0.05, 0) is 39.8 Å². The molecule has 1 heterocycles. The van der Waals surface area contributed by atoms with Crippen molar-refractivity contribution in [2.75, 3.05) is 0 Å². The second kappa shape index (κ2) is 5.52. The lowest BCUT2D eigenvalue weighted by Gasteiger charge is -2.13. The number of hydrogen-bond donors (Lipinski definition) is 0. The van der Waals surface area contributed by atoms with E-state index >= 15 is 0 Å². The highest BCUT2D eigenvalue weighted by Crippen LogP contribution is 2.16. The van der Waals surface area contributed by atoms with Crippen LogP contribution in [-0.4, -0.2) is 11.7 Å². The largest absolute Gasteiger partial charge is 0.422 e. The van der Waals surface area contributed by atoms with Crippen LogP contribution < -0.4 is 5.63 Å². The van der Waals surface area contributed by atoms with Gasteiger partial charge in [-0.1, -0.05) is 23.4 Å². The summed E-state index contributed by atoms with van der Waals surface area (Å²) < 4.78 is 5.21. The molecular formula is C16H17NO4. The number of para-hydroxylation sites is 1. The van der Waals surface area contributed by atoms with Crippen LogP contribution in [0.5, 0.6) is 0 Å². The van der Waals surface area contributed by atoms with Crippen LogP contribution in [0.3, 0.4) is 0 Å². The van der Waals surface area contributed by atoms with Crippen LogP contribution in [0, 0.1) is 5.41 Å². The molecule has 0 aliphatic heterocycles. The van der Waals surface area contributed by atoms with Gasteiger partial charge in [0.2, 0.25) is 0 Å². The van der Waals surface area contributed by atoms with Crippen LogP contribution in [0.1, 0.15) is 33.3 Å². The molecule has 1 aromatic carbocycles. The van der Waals surface area contributed by atoms with Gasteiger partial charge in [-0.2, -0.15) is 0 Å². The summed E-state index contributed by atoms with van der Waals surface area (Å²) in [5, 5.41) is 4.52. The maximum absolute atomic E-state index is 11.9. The molecule has 0 unspecified atom stereocenters. The number of fused-ring (bicyclic) bond motifs is 1. The van der Waals surface area contributed by atoms with E-state index in [0.29, 0.717) is 11.3 Å². The lowest BCUT2D eigenvalue weighted by atomic mass is 9.98. The number of oxime groups is 1. The Bertz CT molecular complexity index is 766. The van der Waals surface area contributed by atoms with Gasteiger partial charge in [0.25, 0.3) is 0 Å². The molecule has 0 aliphatic rings. The molecule has 21 heavy (non-hydrogen) atoms. The van der Waals surface area contributed by atoms with Crippen LogP contribution in [0.15, 0.2) is 44.7 Å². The van der Waals surface area contributed by atoms with Gasteiger partial charge < -0.3 is 9.25 Å². The van der Waals surface area contributed by atoms with Gasteiger partial charge in [0.1, 0.15) is 5.58 Å². The van der Waals surface area contributed by atoms with Gasteiger partial charge in [0.15, 0.2) is 0 Å². The van der Waals surface area contributed by atoms with E-state index in [1.807, 2.05) is 12.1 Å². The molecule has 2 aromatic rings. The van der Waals surface area contributed by atoms with Gasteiger partial charge >= 0.3 is 11.6 Å². The summed E-state index contributed by atoms with van der Waals surface area (Å²) in [7, 11) is 0. The smallest absolute Gasteiger partial charge is 0.345 e. The molecular weight excluding hydrogens is 270 g/mol. The summed E-state index contributed by atoms with van der Waals surface area (Å²) >= 11 is 0. The molecule has 0 spiro atoms. The zero-order valence-corrected chi connectivity index (χ0v) is 12.5. The Kier molecular flexibility index (Phi) is 3.93. The van der Waals surface area contributed by atoms with E-state index in [4.69, 9.17) is 9.25 Å². The number of rotatable bonds is 2. The Morgan fingerprint density at radius 1 is 1.24 bits per heavy atom. The minimum Gasteiger partial charge on any atom is -0.422 e. The molecule has 0 radical (unpaired) electrons.